The van der Waals surface area contributed by atoms with E-state index >= 15 is 0 Å². The topological polar surface area (TPSA) is 217 Å². The lowest BCUT2D eigenvalue weighted by molar-refractivity contribution is -0.128. The molecule has 4 rings (SSSR count). The number of likely N-dealkylation sites (tertiary alicyclic amines) is 3. The van der Waals surface area contributed by atoms with Crippen LogP contribution in [0.3, 0.4) is 0 Å². The molecule has 4 heterocycles. The lowest BCUT2D eigenvalue weighted by Crippen LogP contribution is -2.60. The summed E-state index contributed by atoms with van der Waals surface area (Å²) >= 11 is 0. The van der Waals surface area contributed by atoms with E-state index in [0.717, 1.165) is 35.5 Å². The second kappa shape index (κ2) is 15.5. The van der Waals surface area contributed by atoms with E-state index in [-0.39, 0.29) is 32.5 Å². The normalized spacial score (nSPS) is 19.8. The molecular weight excluding hydrogens is 594 g/mol. The zero-order chi connectivity index (χ0) is 32.5. The Morgan fingerprint density at radius 3 is 1.42 bits per heavy atom. The first kappa shape index (κ1) is 33.4. The lowest BCUT2D eigenvalue weighted by Gasteiger charge is -2.26. The number of aliphatic hydroxyl groups excluding tert-OH is 1. The van der Waals surface area contributed by atoms with Gasteiger partial charge < -0.3 is 21.1 Å². The summed E-state index contributed by atoms with van der Waals surface area (Å²) in [6.45, 7) is -1.56. The first-order chi connectivity index (χ1) is 21.6. The van der Waals surface area contributed by atoms with E-state index in [1.165, 1.54) is 4.90 Å². The van der Waals surface area contributed by atoms with Crippen LogP contribution in [0.5, 0.6) is 0 Å². The van der Waals surface area contributed by atoms with Gasteiger partial charge >= 0.3 is 35.2 Å². The Kier molecular flexibility index (Phi) is 11.5. The standard InChI is InChI=1S/C27H41N9O9/c37-19-10-4-1-7-13-31(19)22(40)28-16-34-25(43)35(17-29-23(41)32-14-8-2-5-11-20(32)38)27(45)36(26(34)44)18-30-24(42)33-15-9-3-6-12-21(33)39/h19,37H,1-18H2,(H,28,40)(H,29,41)(H,30,42). The van der Waals surface area contributed by atoms with Gasteiger partial charge in [-0.2, -0.15) is 0 Å². The largest absolute Gasteiger partial charge is 0.373 e. The third-order valence-electron chi connectivity index (χ3n) is 8.17. The SMILES string of the molecule is O=C1CCCCCN1C(=O)NCn1c(=O)n(CNC(=O)N2CCCCCC2=O)c(=O)n(CNC(=O)N2CCCCCC2O)c1=O. The molecule has 18 nitrogen and oxygen atoms in total. The molecule has 3 saturated heterocycles. The zero-order valence-corrected chi connectivity index (χ0v) is 25.2. The van der Waals surface area contributed by atoms with E-state index in [1.54, 1.807) is 0 Å². The zero-order valence-electron chi connectivity index (χ0n) is 25.2. The molecule has 18 heteroatoms. The van der Waals surface area contributed by atoms with Crippen molar-refractivity contribution < 1.29 is 29.1 Å². The summed E-state index contributed by atoms with van der Waals surface area (Å²) in [5.74, 6) is -0.798. The molecule has 1 atom stereocenters. The molecule has 3 aliphatic rings. The lowest BCUT2D eigenvalue weighted by atomic mass is 10.2. The Morgan fingerprint density at radius 1 is 0.556 bits per heavy atom. The van der Waals surface area contributed by atoms with Crippen LogP contribution in [0.2, 0.25) is 0 Å². The summed E-state index contributed by atoms with van der Waals surface area (Å²) in [7, 11) is 0. The number of nitrogens with zero attached hydrogens (tertiary/aromatic N) is 6. The van der Waals surface area contributed by atoms with Crippen LogP contribution in [-0.4, -0.2) is 89.3 Å². The number of carbonyl (C=O) groups excluding carboxylic acids is 5. The van der Waals surface area contributed by atoms with Crippen molar-refractivity contribution in [2.24, 2.45) is 0 Å². The van der Waals surface area contributed by atoms with E-state index in [1.807, 2.05) is 0 Å². The number of imide groups is 2. The number of carbonyl (C=O) groups is 5. The maximum Gasteiger partial charge on any atom is 0.339 e. The van der Waals surface area contributed by atoms with Gasteiger partial charge in [-0.15, -0.1) is 0 Å². The fourth-order valence-electron chi connectivity index (χ4n) is 5.54. The maximum atomic E-state index is 13.4. The average molecular weight is 636 g/mol. The van der Waals surface area contributed by atoms with Gasteiger partial charge in [0.25, 0.3) is 0 Å². The fourth-order valence-corrected chi connectivity index (χ4v) is 5.54. The molecule has 1 unspecified atom stereocenters. The van der Waals surface area contributed by atoms with Crippen LogP contribution < -0.4 is 33.0 Å². The summed E-state index contributed by atoms with van der Waals surface area (Å²) in [6, 6.07) is -2.39. The summed E-state index contributed by atoms with van der Waals surface area (Å²) < 4.78 is 1.59. The highest BCUT2D eigenvalue weighted by molar-refractivity contribution is 5.95. The van der Waals surface area contributed by atoms with Gasteiger partial charge in [-0.1, -0.05) is 19.3 Å². The number of hydrogen-bond donors (Lipinski definition) is 4. The van der Waals surface area contributed by atoms with Crippen LogP contribution in [0.4, 0.5) is 14.4 Å². The predicted octanol–water partition coefficient (Wildman–Crippen LogP) is -0.827. The molecule has 0 radical (unpaired) electrons. The maximum absolute atomic E-state index is 13.4. The number of rotatable bonds is 6. The van der Waals surface area contributed by atoms with Crippen LogP contribution in [-0.2, 0) is 29.6 Å². The van der Waals surface area contributed by atoms with E-state index in [0.29, 0.717) is 52.2 Å². The summed E-state index contributed by atoms with van der Waals surface area (Å²) in [6.07, 6.45) is 5.85. The Morgan fingerprint density at radius 2 is 0.956 bits per heavy atom. The highest BCUT2D eigenvalue weighted by atomic mass is 16.3. The van der Waals surface area contributed by atoms with E-state index in [4.69, 9.17) is 0 Å². The average Bonchev–Trinajstić information content (AvgIpc) is 3.47. The third-order valence-corrected chi connectivity index (χ3v) is 8.17. The van der Waals surface area contributed by atoms with E-state index in [2.05, 4.69) is 16.0 Å². The number of hydrogen-bond acceptors (Lipinski definition) is 9. The van der Waals surface area contributed by atoms with Crippen molar-refractivity contribution in [2.45, 2.75) is 103 Å². The molecule has 0 aliphatic carbocycles. The number of aliphatic hydroxyl groups is 1. The molecule has 0 saturated carbocycles. The third kappa shape index (κ3) is 8.17. The van der Waals surface area contributed by atoms with Crippen molar-refractivity contribution in [3.05, 3.63) is 31.5 Å². The molecule has 1 aromatic heterocycles. The van der Waals surface area contributed by atoms with Crippen LogP contribution in [0.15, 0.2) is 14.4 Å². The van der Waals surface area contributed by atoms with Gasteiger partial charge in [0.1, 0.15) is 26.2 Å². The van der Waals surface area contributed by atoms with Crippen LogP contribution in [0, 0.1) is 0 Å². The summed E-state index contributed by atoms with van der Waals surface area (Å²) in [5, 5.41) is 17.5. The monoisotopic (exact) mass is 635 g/mol. The van der Waals surface area contributed by atoms with Gasteiger partial charge in [-0.05, 0) is 44.9 Å². The highest BCUT2D eigenvalue weighted by Crippen LogP contribution is 2.15. The van der Waals surface area contributed by atoms with E-state index < -0.39 is 73.2 Å². The Hall–Kier alpha value is -4.48. The van der Waals surface area contributed by atoms with Crippen molar-refractivity contribution in [3.63, 3.8) is 0 Å². The predicted molar refractivity (Wildman–Crippen MR) is 156 cm³/mol. The first-order valence-electron chi connectivity index (χ1n) is 15.4. The highest BCUT2D eigenvalue weighted by Gasteiger charge is 2.27. The minimum absolute atomic E-state index is 0.166. The molecule has 3 aliphatic heterocycles. The van der Waals surface area contributed by atoms with Crippen LogP contribution >= 0.6 is 0 Å². The minimum Gasteiger partial charge on any atom is -0.373 e. The second-order valence-corrected chi connectivity index (χ2v) is 11.3. The van der Waals surface area contributed by atoms with Gasteiger partial charge in [0.15, 0.2) is 0 Å². The number of aromatic nitrogens is 3. The molecule has 248 valence electrons. The van der Waals surface area contributed by atoms with Gasteiger partial charge in [0, 0.05) is 32.5 Å². The van der Waals surface area contributed by atoms with Gasteiger partial charge in [-0.3, -0.25) is 24.3 Å². The molecule has 0 aromatic carbocycles. The minimum atomic E-state index is -1.18. The Bertz CT molecular complexity index is 1380. The smallest absolute Gasteiger partial charge is 0.339 e. The van der Waals surface area contributed by atoms with Crippen molar-refractivity contribution in [1.29, 1.82) is 0 Å². The van der Waals surface area contributed by atoms with Crippen molar-refractivity contribution >= 4 is 29.9 Å². The number of amides is 8. The first-order valence-corrected chi connectivity index (χ1v) is 15.4. The Labute approximate surface area is 257 Å². The fraction of sp³-hybridized carbons (Fsp3) is 0.704. The van der Waals surface area contributed by atoms with E-state index in [9.17, 15) is 43.5 Å². The number of nitrogens with one attached hydrogen (secondary N) is 3. The molecule has 4 N–H and O–H groups in total. The van der Waals surface area contributed by atoms with Crippen molar-refractivity contribution in [3.8, 4) is 0 Å². The number of urea groups is 3. The molecule has 3 fully saturated rings. The van der Waals surface area contributed by atoms with Gasteiger partial charge in [-0.25, -0.2) is 42.5 Å². The van der Waals surface area contributed by atoms with Gasteiger partial charge in [0.2, 0.25) is 11.8 Å². The molecule has 45 heavy (non-hydrogen) atoms. The molecule has 1 aromatic rings. The second-order valence-electron chi connectivity index (χ2n) is 11.3. The summed E-state index contributed by atoms with van der Waals surface area (Å²) in [5.41, 5.74) is -3.52. The summed E-state index contributed by atoms with van der Waals surface area (Å²) in [4.78, 5) is 106. The van der Waals surface area contributed by atoms with Crippen LogP contribution in [0.1, 0.15) is 77.0 Å². The quantitative estimate of drug-likeness (QED) is 0.306. The van der Waals surface area contributed by atoms with Crippen molar-refractivity contribution in [2.75, 3.05) is 19.6 Å². The van der Waals surface area contributed by atoms with Gasteiger partial charge in [0.05, 0.1) is 0 Å². The van der Waals surface area contributed by atoms with Crippen molar-refractivity contribution in [1.82, 2.24) is 44.4 Å². The molecular formula is C27H41N9O9. The molecule has 0 bridgehead atoms. The Balaban J connectivity index is 1.59. The molecule has 0 spiro atoms. The van der Waals surface area contributed by atoms with Crippen LogP contribution in [0.25, 0.3) is 0 Å². The molecule has 8 amide bonds.